The van der Waals surface area contributed by atoms with Gasteiger partial charge in [-0.25, -0.2) is 0 Å². The van der Waals surface area contributed by atoms with Gasteiger partial charge in [0.2, 0.25) is 0 Å². The lowest BCUT2D eigenvalue weighted by Crippen LogP contribution is -3.15. The van der Waals surface area contributed by atoms with E-state index in [2.05, 4.69) is 23.9 Å². The van der Waals surface area contributed by atoms with Gasteiger partial charge in [-0.3, -0.25) is 4.79 Å². The zero-order chi connectivity index (χ0) is 18.4. The van der Waals surface area contributed by atoms with Gasteiger partial charge in [0.1, 0.15) is 0 Å². The minimum Gasteiger partial charge on any atom is -0.493 e. The van der Waals surface area contributed by atoms with E-state index in [1.807, 2.05) is 0 Å². The molecule has 0 radical (unpaired) electrons. The van der Waals surface area contributed by atoms with E-state index in [0.717, 1.165) is 18.7 Å². The number of amides is 1. The number of likely N-dealkylation sites (tertiary alicyclic amines) is 1. The molecule has 1 aliphatic rings. The number of quaternary nitrogens is 1. The molecule has 0 saturated carbocycles. The number of halogens is 2. The van der Waals surface area contributed by atoms with Crippen LogP contribution in [0.2, 0.25) is 0 Å². The molecule has 0 aliphatic carbocycles. The normalized spacial score (nSPS) is 23.4. The summed E-state index contributed by atoms with van der Waals surface area (Å²) in [4.78, 5) is 13.5. The molecule has 0 aromatic heterocycles. The number of nitrogens with one attached hydrogen (secondary N) is 2. The van der Waals surface area contributed by atoms with Gasteiger partial charge < -0.3 is 19.7 Å². The summed E-state index contributed by atoms with van der Waals surface area (Å²) in [7, 11) is 1.39. The molecule has 1 amide bonds. The molecule has 5 nitrogen and oxygen atoms in total. The molecule has 1 fully saturated rings. The van der Waals surface area contributed by atoms with Crippen LogP contribution in [0.5, 0.6) is 11.5 Å². The van der Waals surface area contributed by atoms with Crippen LogP contribution in [0.1, 0.15) is 25.8 Å². The van der Waals surface area contributed by atoms with Gasteiger partial charge in [0.05, 0.1) is 20.2 Å². The van der Waals surface area contributed by atoms with E-state index >= 15 is 0 Å². The van der Waals surface area contributed by atoms with Crippen molar-refractivity contribution in [2.24, 2.45) is 11.8 Å². The summed E-state index contributed by atoms with van der Waals surface area (Å²) in [6.07, 6.45) is 1.22. The largest absolute Gasteiger partial charge is 0.493 e. The Hall–Kier alpha value is -1.89. The number of hydrogen-bond donors (Lipinski definition) is 2. The molecule has 2 rings (SSSR count). The number of ether oxygens (including phenoxy) is 2. The van der Waals surface area contributed by atoms with Crippen LogP contribution >= 0.6 is 0 Å². The van der Waals surface area contributed by atoms with Crippen molar-refractivity contribution < 1.29 is 27.9 Å². The Bertz CT molecular complexity index is 573. The summed E-state index contributed by atoms with van der Waals surface area (Å²) in [5.41, 5.74) is 0.766. The second kappa shape index (κ2) is 8.99. The van der Waals surface area contributed by atoms with Crippen molar-refractivity contribution in [3.63, 3.8) is 0 Å². The fraction of sp³-hybridized carbons (Fsp3) is 0.611. The number of rotatable bonds is 7. The fourth-order valence-corrected chi connectivity index (χ4v) is 3.57. The van der Waals surface area contributed by atoms with Crippen LogP contribution in [0.25, 0.3) is 0 Å². The van der Waals surface area contributed by atoms with Gasteiger partial charge in [-0.2, -0.15) is 8.78 Å². The topological polar surface area (TPSA) is 52.0 Å². The van der Waals surface area contributed by atoms with Gasteiger partial charge in [0.25, 0.3) is 5.91 Å². The molecule has 1 aliphatic heterocycles. The summed E-state index contributed by atoms with van der Waals surface area (Å²) >= 11 is 0. The lowest BCUT2D eigenvalue weighted by molar-refractivity contribution is -0.904. The Morgan fingerprint density at radius 3 is 2.56 bits per heavy atom. The Labute approximate surface area is 147 Å². The van der Waals surface area contributed by atoms with Crippen molar-refractivity contribution in [2.45, 2.75) is 33.4 Å². The first-order valence-electron chi connectivity index (χ1n) is 8.59. The number of carbonyl (C=O) groups is 1. The van der Waals surface area contributed by atoms with Crippen molar-refractivity contribution in [1.82, 2.24) is 5.32 Å². The van der Waals surface area contributed by atoms with Gasteiger partial charge in [0, 0.05) is 18.4 Å². The first-order chi connectivity index (χ1) is 11.9. The van der Waals surface area contributed by atoms with E-state index < -0.39 is 6.61 Å². The Kier molecular flexibility index (Phi) is 6.99. The number of carbonyl (C=O) groups excluding carboxylic acids is 1. The molecule has 2 atom stereocenters. The van der Waals surface area contributed by atoms with E-state index in [0.29, 0.717) is 24.9 Å². The van der Waals surface area contributed by atoms with Crippen molar-refractivity contribution in [3.05, 3.63) is 23.8 Å². The summed E-state index contributed by atoms with van der Waals surface area (Å²) in [6, 6.07) is 4.65. The van der Waals surface area contributed by atoms with Crippen molar-refractivity contribution >= 4 is 5.91 Å². The Morgan fingerprint density at radius 1 is 1.28 bits per heavy atom. The summed E-state index contributed by atoms with van der Waals surface area (Å²) < 4.78 is 34.1. The van der Waals surface area contributed by atoms with Crippen LogP contribution in [0, 0.1) is 11.8 Å². The van der Waals surface area contributed by atoms with Crippen LogP contribution in [0.3, 0.4) is 0 Å². The van der Waals surface area contributed by atoms with Crippen LogP contribution in [0.15, 0.2) is 18.2 Å². The van der Waals surface area contributed by atoms with E-state index in [-0.39, 0.29) is 17.4 Å². The second-order valence-corrected chi connectivity index (χ2v) is 6.92. The van der Waals surface area contributed by atoms with Crippen molar-refractivity contribution in [3.8, 4) is 11.5 Å². The van der Waals surface area contributed by atoms with Gasteiger partial charge >= 0.3 is 6.61 Å². The number of piperidine rings is 1. The van der Waals surface area contributed by atoms with Crippen LogP contribution in [-0.2, 0) is 11.3 Å². The maximum absolute atomic E-state index is 12.3. The van der Waals surface area contributed by atoms with Crippen molar-refractivity contribution in [1.29, 1.82) is 0 Å². The second-order valence-electron chi connectivity index (χ2n) is 6.92. The maximum atomic E-state index is 12.3. The lowest BCUT2D eigenvalue weighted by atomic mass is 9.92. The molecule has 2 N–H and O–H groups in total. The predicted octanol–water partition coefficient (Wildman–Crippen LogP) is 1.47. The number of alkyl halides is 2. The summed E-state index contributed by atoms with van der Waals surface area (Å²) in [5, 5.41) is 2.88. The molecule has 0 bridgehead atoms. The van der Waals surface area contributed by atoms with Crippen LogP contribution in [-0.4, -0.2) is 39.3 Å². The molecule has 1 aromatic rings. The molecule has 1 aromatic carbocycles. The van der Waals surface area contributed by atoms with E-state index in [1.165, 1.54) is 24.5 Å². The highest BCUT2D eigenvalue weighted by molar-refractivity contribution is 5.76. The van der Waals surface area contributed by atoms with Gasteiger partial charge in [-0.1, -0.05) is 19.9 Å². The smallest absolute Gasteiger partial charge is 0.387 e. The molecular formula is C18H27F2N2O3+. The molecule has 25 heavy (non-hydrogen) atoms. The molecule has 1 saturated heterocycles. The fourth-order valence-electron chi connectivity index (χ4n) is 3.57. The molecule has 140 valence electrons. The Balaban J connectivity index is 1.86. The third kappa shape index (κ3) is 6.16. The highest BCUT2D eigenvalue weighted by atomic mass is 19.3. The number of methoxy groups -OCH3 is 1. The maximum Gasteiger partial charge on any atom is 0.387 e. The summed E-state index contributed by atoms with van der Waals surface area (Å²) in [6.45, 7) is 4.36. The SMILES string of the molecule is COc1cc(CNC(=O)C[NH+]2C[C@@H](C)C[C@H](C)C2)ccc1OC(F)F. The quantitative estimate of drug-likeness (QED) is 0.777. The highest BCUT2D eigenvalue weighted by Crippen LogP contribution is 2.29. The average Bonchev–Trinajstić information content (AvgIpc) is 2.52. The number of hydrogen-bond acceptors (Lipinski definition) is 3. The average molecular weight is 357 g/mol. The lowest BCUT2D eigenvalue weighted by Gasteiger charge is -2.31. The van der Waals surface area contributed by atoms with E-state index in [1.54, 1.807) is 12.1 Å². The summed E-state index contributed by atoms with van der Waals surface area (Å²) in [5.74, 6) is 1.46. The highest BCUT2D eigenvalue weighted by Gasteiger charge is 2.26. The minimum absolute atomic E-state index is 0.0110. The molecular weight excluding hydrogens is 330 g/mol. The molecule has 0 unspecified atom stereocenters. The third-order valence-electron chi connectivity index (χ3n) is 4.42. The zero-order valence-corrected chi connectivity index (χ0v) is 15.0. The van der Waals surface area contributed by atoms with Crippen LogP contribution in [0.4, 0.5) is 8.78 Å². The number of benzene rings is 1. The molecule has 0 spiro atoms. The predicted molar refractivity (Wildman–Crippen MR) is 90.0 cm³/mol. The first-order valence-corrected chi connectivity index (χ1v) is 8.59. The standard InChI is InChI=1S/C18H26F2N2O3/c1-12-6-13(2)10-22(9-12)11-17(23)21-8-14-4-5-15(25-18(19)20)16(7-14)24-3/h4-5,7,12-13,18H,6,8-11H2,1-3H3,(H,21,23)/p+1/t12-,13-/m0/s1. The van der Waals surface area contributed by atoms with Gasteiger partial charge in [-0.15, -0.1) is 0 Å². The van der Waals surface area contributed by atoms with Gasteiger partial charge in [-0.05, 0) is 24.1 Å². The van der Waals surface area contributed by atoms with Gasteiger partial charge in [0.15, 0.2) is 18.0 Å². The molecule has 7 heteroatoms. The van der Waals surface area contributed by atoms with Crippen LogP contribution < -0.4 is 19.7 Å². The van der Waals surface area contributed by atoms with Crippen molar-refractivity contribution in [2.75, 3.05) is 26.7 Å². The van der Waals surface area contributed by atoms with E-state index in [4.69, 9.17) is 4.74 Å². The minimum atomic E-state index is -2.91. The third-order valence-corrected chi connectivity index (χ3v) is 4.42. The molecule has 1 heterocycles. The first kappa shape index (κ1) is 19.4. The van der Waals surface area contributed by atoms with E-state index in [9.17, 15) is 13.6 Å². The Morgan fingerprint density at radius 2 is 1.96 bits per heavy atom. The zero-order valence-electron chi connectivity index (χ0n) is 15.0. The monoisotopic (exact) mass is 357 g/mol.